The van der Waals surface area contributed by atoms with Gasteiger partial charge in [0.2, 0.25) is 0 Å². The molecule has 0 saturated heterocycles. The van der Waals surface area contributed by atoms with Gasteiger partial charge in [-0.3, -0.25) is 5.32 Å². The van der Waals surface area contributed by atoms with Gasteiger partial charge in [0.15, 0.2) is 10.7 Å². The lowest BCUT2D eigenvalue weighted by atomic mass is 10.1. The molecule has 0 radical (unpaired) electrons. The Bertz CT molecular complexity index is 701. The van der Waals surface area contributed by atoms with Crippen LogP contribution in [0.1, 0.15) is 6.92 Å². The van der Waals surface area contributed by atoms with Crippen LogP contribution in [0.25, 0.3) is 10.2 Å². The number of aromatic nitrogens is 1. The SMILES string of the molecule is CC(O)(CNC(=O)Nc1nc2c(Br)cccc2s1)C(=O)O. The maximum absolute atomic E-state index is 11.7. The van der Waals surface area contributed by atoms with E-state index in [1.165, 1.54) is 11.3 Å². The Hall–Kier alpha value is -1.71. The largest absolute Gasteiger partial charge is 0.479 e. The van der Waals surface area contributed by atoms with Crippen molar-refractivity contribution in [1.29, 1.82) is 0 Å². The monoisotopic (exact) mass is 373 g/mol. The number of amides is 2. The molecule has 0 bridgehead atoms. The standard InChI is InChI=1S/C12H12BrN3O4S/c1-12(20,9(17)18)5-14-10(19)16-11-15-8-6(13)3-2-4-7(8)21-11/h2-4,20H,5H2,1H3,(H,17,18)(H2,14,15,16,19). The molecule has 1 atom stereocenters. The summed E-state index contributed by atoms with van der Waals surface area (Å²) in [6.07, 6.45) is 0. The third kappa shape index (κ3) is 3.69. The van der Waals surface area contributed by atoms with E-state index in [0.717, 1.165) is 21.6 Å². The van der Waals surface area contributed by atoms with Crippen molar-refractivity contribution in [2.75, 3.05) is 11.9 Å². The first-order chi connectivity index (χ1) is 9.79. The van der Waals surface area contributed by atoms with E-state index in [1.807, 2.05) is 18.2 Å². The van der Waals surface area contributed by atoms with Gasteiger partial charge in [-0.15, -0.1) is 0 Å². The summed E-state index contributed by atoms with van der Waals surface area (Å²) in [7, 11) is 0. The van der Waals surface area contributed by atoms with Gasteiger partial charge in [-0.2, -0.15) is 0 Å². The minimum absolute atomic E-state index is 0.379. The van der Waals surface area contributed by atoms with Crippen LogP contribution in [0.2, 0.25) is 0 Å². The Morgan fingerprint density at radius 3 is 2.81 bits per heavy atom. The second-order valence-electron chi connectivity index (χ2n) is 4.49. The highest BCUT2D eigenvalue weighted by molar-refractivity contribution is 9.10. The number of urea groups is 1. The molecule has 1 unspecified atom stereocenters. The first kappa shape index (κ1) is 15.7. The van der Waals surface area contributed by atoms with E-state index in [0.29, 0.717) is 5.13 Å². The van der Waals surface area contributed by atoms with Gasteiger partial charge in [0.1, 0.15) is 0 Å². The summed E-state index contributed by atoms with van der Waals surface area (Å²) in [5.74, 6) is -1.41. The summed E-state index contributed by atoms with van der Waals surface area (Å²) >= 11 is 4.65. The number of thiazole rings is 1. The van der Waals surface area contributed by atoms with Gasteiger partial charge in [-0.05, 0) is 35.0 Å². The molecule has 2 rings (SSSR count). The number of hydrogen-bond donors (Lipinski definition) is 4. The molecular weight excluding hydrogens is 362 g/mol. The second-order valence-corrected chi connectivity index (χ2v) is 6.38. The number of halogens is 1. The van der Waals surface area contributed by atoms with Crippen molar-refractivity contribution in [3.05, 3.63) is 22.7 Å². The molecule has 1 aromatic carbocycles. The number of aliphatic hydroxyl groups is 1. The zero-order valence-electron chi connectivity index (χ0n) is 10.9. The van der Waals surface area contributed by atoms with Gasteiger partial charge < -0.3 is 15.5 Å². The number of rotatable bonds is 4. The van der Waals surface area contributed by atoms with Crippen LogP contribution in [0.5, 0.6) is 0 Å². The lowest BCUT2D eigenvalue weighted by Gasteiger charge is -2.18. The predicted octanol–water partition coefficient (Wildman–Crippen LogP) is 2.02. The fraction of sp³-hybridized carbons (Fsp3) is 0.250. The fourth-order valence-electron chi connectivity index (χ4n) is 1.44. The maximum atomic E-state index is 11.7. The van der Waals surface area contributed by atoms with Gasteiger partial charge in [0.25, 0.3) is 0 Å². The zero-order valence-corrected chi connectivity index (χ0v) is 13.3. The highest BCUT2D eigenvalue weighted by Gasteiger charge is 2.30. The summed E-state index contributed by atoms with van der Waals surface area (Å²) in [4.78, 5) is 26.6. The highest BCUT2D eigenvalue weighted by Crippen LogP contribution is 2.30. The molecule has 9 heteroatoms. The molecule has 7 nitrogen and oxygen atoms in total. The predicted molar refractivity (Wildman–Crippen MR) is 82.6 cm³/mol. The molecule has 2 amide bonds. The molecule has 4 N–H and O–H groups in total. The number of aliphatic carboxylic acids is 1. The zero-order chi connectivity index (χ0) is 15.6. The van der Waals surface area contributed by atoms with Gasteiger partial charge in [0.05, 0.1) is 16.8 Å². The lowest BCUT2D eigenvalue weighted by molar-refractivity contribution is -0.155. The first-order valence-corrected chi connectivity index (χ1v) is 7.46. The summed E-state index contributed by atoms with van der Waals surface area (Å²) in [5.41, 5.74) is -1.29. The molecule has 0 spiro atoms. The molecule has 112 valence electrons. The molecule has 0 saturated carbocycles. The molecular formula is C12H12BrN3O4S. The van der Waals surface area contributed by atoms with Crippen LogP contribution >= 0.6 is 27.3 Å². The van der Waals surface area contributed by atoms with Crippen molar-refractivity contribution in [3.8, 4) is 0 Å². The van der Waals surface area contributed by atoms with Crippen molar-refractivity contribution in [1.82, 2.24) is 10.3 Å². The van der Waals surface area contributed by atoms with Crippen molar-refractivity contribution < 1.29 is 19.8 Å². The van der Waals surface area contributed by atoms with Crippen LogP contribution in [-0.4, -0.2) is 39.3 Å². The highest BCUT2D eigenvalue weighted by atomic mass is 79.9. The minimum Gasteiger partial charge on any atom is -0.479 e. The average Bonchev–Trinajstić information content (AvgIpc) is 2.80. The third-order valence-electron chi connectivity index (χ3n) is 2.64. The quantitative estimate of drug-likeness (QED) is 0.654. The number of carboxylic acid groups (broad SMARTS) is 1. The van der Waals surface area contributed by atoms with Crippen LogP contribution in [0.15, 0.2) is 22.7 Å². The van der Waals surface area contributed by atoms with E-state index in [2.05, 4.69) is 31.5 Å². The Balaban J connectivity index is 2.02. The number of carbonyl (C=O) groups is 2. The summed E-state index contributed by atoms with van der Waals surface area (Å²) in [5, 5.41) is 23.4. The van der Waals surface area contributed by atoms with E-state index >= 15 is 0 Å². The summed E-state index contributed by atoms with van der Waals surface area (Å²) < 4.78 is 1.72. The van der Waals surface area contributed by atoms with Crippen molar-refractivity contribution >= 4 is 54.6 Å². The fourth-order valence-corrected chi connectivity index (χ4v) is 2.91. The number of nitrogens with zero attached hydrogens (tertiary/aromatic N) is 1. The van der Waals surface area contributed by atoms with Crippen LogP contribution in [0, 0.1) is 0 Å². The number of benzene rings is 1. The van der Waals surface area contributed by atoms with Gasteiger partial charge in [-0.1, -0.05) is 17.4 Å². The number of hydrogen-bond acceptors (Lipinski definition) is 5. The Morgan fingerprint density at radius 2 is 2.19 bits per heavy atom. The maximum Gasteiger partial charge on any atom is 0.337 e. The van der Waals surface area contributed by atoms with Crippen molar-refractivity contribution in [2.45, 2.75) is 12.5 Å². The van der Waals surface area contributed by atoms with Crippen LogP contribution in [0.3, 0.4) is 0 Å². The molecule has 2 aromatic rings. The van der Waals surface area contributed by atoms with E-state index in [4.69, 9.17) is 5.11 Å². The van der Waals surface area contributed by atoms with Crippen LogP contribution < -0.4 is 10.6 Å². The van der Waals surface area contributed by atoms with Gasteiger partial charge >= 0.3 is 12.0 Å². The summed E-state index contributed by atoms with van der Waals surface area (Å²) in [6.45, 7) is 0.688. The normalized spacial score (nSPS) is 13.7. The van der Waals surface area contributed by atoms with Crippen LogP contribution in [0.4, 0.5) is 9.93 Å². The third-order valence-corrected chi connectivity index (χ3v) is 4.22. The number of fused-ring (bicyclic) bond motifs is 1. The van der Waals surface area contributed by atoms with E-state index in [-0.39, 0.29) is 0 Å². The molecule has 0 fully saturated rings. The molecule has 0 aliphatic carbocycles. The number of carboxylic acids is 1. The molecule has 21 heavy (non-hydrogen) atoms. The number of nitrogens with one attached hydrogen (secondary N) is 2. The summed E-state index contributed by atoms with van der Waals surface area (Å²) in [6, 6.07) is 4.94. The molecule has 0 aliphatic heterocycles. The Labute approximate surface area is 132 Å². The van der Waals surface area contributed by atoms with Crippen molar-refractivity contribution in [3.63, 3.8) is 0 Å². The first-order valence-electron chi connectivity index (χ1n) is 5.85. The van der Waals surface area contributed by atoms with Gasteiger partial charge in [-0.25, -0.2) is 14.6 Å². The second kappa shape index (κ2) is 5.96. The Kier molecular flexibility index (Phi) is 4.45. The van der Waals surface area contributed by atoms with Gasteiger partial charge in [0, 0.05) is 4.47 Å². The van der Waals surface area contributed by atoms with E-state index in [9.17, 15) is 14.7 Å². The minimum atomic E-state index is -2.02. The molecule has 1 heterocycles. The van der Waals surface area contributed by atoms with E-state index in [1.54, 1.807) is 0 Å². The number of para-hydroxylation sites is 1. The number of carbonyl (C=O) groups excluding carboxylic acids is 1. The van der Waals surface area contributed by atoms with Crippen molar-refractivity contribution in [2.24, 2.45) is 0 Å². The number of anilines is 1. The molecule has 0 aliphatic rings. The lowest BCUT2D eigenvalue weighted by Crippen LogP contribution is -2.47. The smallest absolute Gasteiger partial charge is 0.337 e. The Morgan fingerprint density at radius 1 is 1.48 bits per heavy atom. The molecule has 1 aromatic heterocycles. The topological polar surface area (TPSA) is 112 Å². The van der Waals surface area contributed by atoms with Crippen LogP contribution in [-0.2, 0) is 4.79 Å². The average molecular weight is 374 g/mol. The van der Waals surface area contributed by atoms with E-state index < -0.39 is 24.1 Å².